The molecule has 0 radical (unpaired) electrons. The third kappa shape index (κ3) is 3.01. The van der Waals surface area contributed by atoms with Crippen molar-refractivity contribution in [2.24, 2.45) is 0 Å². The molecule has 1 aromatic carbocycles. The summed E-state index contributed by atoms with van der Waals surface area (Å²) in [6, 6.07) is 7.47. The fourth-order valence-corrected chi connectivity index (χ4v) is 2.71. The highest BCUT2D eigenvalue weighted by Gasteiger charge is 2.22. The van der Waals surface area contributed by atoms with Gasteiger partial charge in [-0.3, -0.25) is 0 Å². The largest absolute Gasteiger partial charge is 0.490 e. The van der Waals surface area contributed by atoms with E-state index in [-0.39, 0.29) is 6.04 Å². The molecule has 4 nitrogen and oxygen atoms in total. The van der Waals surface area contributed by atoms with Crippen LogP contribution in [0, 0.1) is 0 Å². The summed E-state index contributed by atoms with van der Waals surface area (Å²) < 4.78 is 16.9. The Kier molecular flexibility index (Phi) is 4.36. The first-order valence-electron chi connectivity index (χ1n) is 7.15. The van der Waals surface area contributed by atoms with E-state index in [0.29, 0.717) is 24.0 Å². The standard InChI is InChI=1S/C16H18ClNO3/c1-2-18-16(13-5-3-6-19-13)11-9-14-15(10-12(11)17)21-8-4-7-20-14/h3,5-6,9-10,16,18H,2,4,7-8H2,1H3. The summed E-state index contributed by atoms with van der Waals surface area (Å²) in [4.78, 5) is 0. The smallest absolute Gasteiger partial charge is 0.162 e. The van der Waals surface area contributed by atoms with Gasteiger partial charge in [0.15, 0.2) is 11.5 Å². The van der Waals surface area contributed by atoms with Crippen molar-refractivity contribution in [2.45, 2.75) is 19.4 Å². The quantitative estimate of drug-likeness (QED) is 0.933. The van der Waals surface area contributed by atoms with E-state index in [0.717, 1.165) is 30.0 Å². The molecule has 112 valence electrons. The molecule has 5 heteroatoms. The number of benzene rings is 1. The van der Waals surface area contributed by atoms with Gasteiger partial charge in [0.05, 0.1) is 25.5 Å². The maximum atomic E-state index is 6.44. The van der Waals surface area contributed by atoms with Gasteiger partial charge in [-0.25, -0.2) is 0 Å². The number of hydrogen-bond acceptors (Lipinski definition) is 4. The van der Waals surface area contributed by atoms with Crippen molar-refractivity contribution in [2.75, 3.05) is 19.8 Å². The van der Waals surface area contributed by atoms with Crippen LogP contribution < -0.4 is 14.8 Å². The molecule has 2 heterocycles. The van der Waals surface area contributed by atoms with Crippen molar-refractivity contribution in [3.63, 3.8) is 0 Å². The SMILES string of the molecule is CCNC(c1ccco1)c1cc2c(cc1Cl)OCCCO2. The van der Waals surface area contributed by atoms with E-state index >= 15 is 0 Å². The van der Waals surface area contributed by atoms with E-state index in [1.807, 2.05) is 31.2 Å². The van der Waals surface area contributed by atoms with Crippen LogP contribution >= 0.6 is 11.6 Å². The second kappa shape index (κ2) is 6.41. The third-order valence-electron chi connectivity index (χ3n) is 3.41. The van der Waals surface area contributed by atoms with Gasteiger partial charge in [-0.05, 0) is 30.3 Å². The van der Waals surface area contributed by atoms with Crippen molar-refractivity contribution >= 4 is 11.6 Å². The lowest BCUT2D eigenvalue weighted by atomic mass is 10.0. The molecule has 2 aromatic rings. The molecular weight excluding hydrogens is 290 g/mol. The van der Waals surface area contributed by atoms with Gasteiger partial charge in [0, 0.05) is 17.5 Å². The topological polar surface area (TPSA) is 43.6 Å². The van der Waals surface area contributed by atoms with Crippen molar-refractivity contribution in [1.82, 2.24) is 5.32 Å². The zero-order valence-corrected chi connectivity index (χ0v) is 12.7. The molecule has 0 aliphatic carbocycles. The molecule has 0 spiro atoms. The first kappa shape index (κ1) is 14.3. The molecule has 21 heavy (non-hydrogen) atoms. The average Bonchev–Trinajstić information content (AvgIpc) is 2.91. The van der Waals surface area contributed by atoms with Crippen LogP contribution in [0.1, 0.15) is 30.7 Å². The maximum Gasteiger partial charge on any atom is 0.162 e. The second-order valence-corrected chi connectivity index (χ2v) is 5.28. The highest BCUT2D eigenvalue weighted by Crippen LogP contribution is 2.39. The van der Waals surface area contributed by atoms with Crippen molar-refractivity contribution in [3.05, 3.63) is 46.9 Å². The summed E-state index contributed by atoms with van der Waals surface area (Å²) in [6.07, 6.45) is 2.53. The average molecular weight is 308 g/mol. The van der Waals surface area contributed by atoms with E-state index in [4.69, 9.17) is 25.5 Å². The molecule has 3 rings (SSSR count). The Hall–Kier alpha value is -1.65. The molecule has 0 saturated heterocycles. The highest BCUT2D eigenvalue weighted by molar-refractivity contribution is 6.31. The van der Waals surface area contributed by atoms with Gasteiger partial charge in [-0.2, -0.15) is 0 Å². The summed E-state index contributed by atoms with van der Waals surface area (Å²) in [5.74, 6) is 2.27. The first-order valence-corrected chi connectivity index (χ1v) is 7.53. The number of nitrogens with one attached hydrogen (secondary N) is 1. The monoisotopic (exact) mass is 307 g/mol. The molecule has 1 aliphatic rings. The van der Waals surface area contributed by atoms with Crippen LogP contribution in [0.2, 0.25) is 5.02 Å². The Balaban J connectivity index is 2.01. The Morgan fingerprint density at radius 3 is 2.67 bits per heavy atom. The number of fused-ring (bicyclic) bond motifs is 1. The molecule has 0 bridgehead atoms. The summed E-state index contributed by atoms with van der Waals surface area (Å²) in [6.45, 7) is 4.15. The van der Waals surface area contributed by atoms with E-state index in [2.05, 4.69) is 5.32 Å². The zero-order chi connectivity index (χ0) is 14.7. The predicted molar refractivity (Wildman–Crippen MR) is 81.3 cm³/mol. The lowest BCUT2D eigenvalue weighted by molar-refractivity contribution is 0.297. The van der Waals surface area contributed by atoms with Crippen LogP contribution in [0.4, 0.5) is 0 Å². The van der Waals surface area contributed by atoms with E-state index in [1.165, 1.54) is 0 Å². The van der Waals surface area contributed by atoms with E-state index in [9.17, 15) is 0 Å². The minimum absolute atomic E-state index is 0.102. The molecule has 0 fully saturated rings. The number of ether oxygens (including phenoxy) is 2. The maximum absolute atomic E-state index is 6.44. The zero-order valence-electron chi connectivity index (χ0n) is 11.9. The Labute approximate surface area is 129 Å². The summed E-state index contributed by atoms with van der Waals surface area (Å²) in [7, 11) is 0. The molecule has 1 atom stereocenters. The summed E-state index contributed by atoms with van der Waals surface area (Å²) >= 11 is 6.44. The van der Waals surface area contributed by atoms with Crippen LogP contribution in [0.3, 0.4) is 0 Å². The first-order chi connectivity index (χ1) is 10.3. The van der Waals surface area contributed by atoms with Gasteiger partial charge in [0.1, 0.15) is 5.76 Å². The van der Waals surface area contributed by atoms with E-state index < -0.39 is 0 Å². The third-order valence-corrected chi connectivity index (χ3v) is 3.74. The van der Waals surface area contributed by atoms with Crippen LogP contribution in [-0.4, -0.2) is 19.8 Å². The Morgan fingerprint density at radius 2 is 2.00 bits per heavy atom. The van der Waals surface area contributed by atoms with Gasteiger partial charge in [0.25, 0.3) is 0 Å². The number of rotatable bonds is 4. The molecule has 0 amide bonds. The molecule has 0 saturated carbocycles. The summed E-state index contributed by atoms with van der Waals surface area (Å²) in [5.41, 5.74) is 0.928. The predicted octanol–water partition coefficient (Wildman–Crippen LogP) is 3.79. The van der Waals surface area contributed by atoms with Crippen molar-refractivity contribution in [1.29, 1.82) is 0 Å². The number of furan rings is 1. The van der Waals surface area contributed by atoms with Crippen LogP contribution in [-0.2, 0) is 0 Å². The van der Waals surface area contributed by atoms with Gasteiger partial charge in [0.2, 0.25) is 0 Å². The Morgan fingerprint density at radius 1 is 1.24 bits per heavy atom. The summed E-state index contributed by atoms with van der Waals surface area (Å²) in [5, 5.41) is 4.03. The number of halogens is 1. The second-order valence-electron chi connectivity index (χ2n) is 4.88. The minimum Gasteiger partial charge on any atom is -0.490 e. The fraction of sp³-hybridized carbons (Fsp3) is 0.375. The lowest BCUT2D eigenvalue weighted by Crippen LogP contribution is -2.22. The Bertz CT molecular complexity index is 598. The van der Waals surface area contributed by atoms with Crippen molar-refractivity contribution < 1.29 is 13.9 Å². The molecule has 1 aliphatic heterocycles. The molecule has 1 unspecified atom stereocenters. The minimum atomic E-state index is -0.102. The van der Waals surface area contributed by atoms with Gasteiger partial charge in [-0.1, -0.05) is 18.5 Å². The van der Waals surface area contributed by atoms with Crippen LogP contribution in [0.5, 0.6) is 11.5 Å². The normalized spacial score (nSPS) is 15.5. The molecular formula is C16H18ClNO3. The molecule has 1 N–H and O–H groups in total. The van der Waals surface area contributed by atoms with Gasteiger partial charge in [-0.15, -0.1) is 0 Å². The van der Waals surface area contributed by atoms with Crippen LogP contribution in [0.25, 0.3) is 0 Å². The van der Waals surface area contributed by atoms with Crippen LogP contribution in [0.15, 0.2) is 34.9 Å². The molecule has 1 aromatic heterocycles. The fourth-order valence-electron chi connectivity index (χ4n) is 2.44. The van der Waals surface area contributed by atoms with Gasteiger partial charge >= 0.3 is 0 Å². The van der Waals surface area contributed by atoms with Crippen molar-refractivity contribution in [3.8, 4) is 11.5 Å². The number of hydrogen-bond donors (Lipinski definition) is 1. The lowest BCUT2D eigenvalue weighted by Gasteiger charge is -2.19. The highest BCUT2D eigenvalue weighted by atomic mass is 35.5. The van der Waals surface area contributed by atoms with E-state index in [1.54, 1.807) is 6.26 Å². The van der Waals surface area contributed by atoms with Gasteiger partial charge < -0.3 is 19.2 Å².